The first kappa shape index (κ1) is 26.9. The lowest BCUT2D eigenvalue weighted by Gasteiger charge is -2.09. The second-order valence-corrected chi connectivity index (χ2v) is 7.49. The third-order valence-corrected chi connectivity index (χ3v) is 4.63. The van der Waals surface area contributed by atoms with E-state index in [1.165, 1.54) is 0 Å². The Morgan fingerprint density at radius 2 is 1.00 bits per heavy atom. The number of rotatable bonds is 17. The van der Waals surface area contributed by atoms with Gasteiger partial charge < -0.3 is 20.9 Å². The van der Waals surface area contributed by atoms with Crippen LogP contribution in [0.1, 0.15) is 77.0 Å². The van der Waals surface area contributed by atoms with Crippen molar-refractivity contribution < 1.29 is 19.2 Å². The summed E-state index contributed by atoms with van der Waals surface area (Å²) in [5.74, 6) is 0.225. The number of carbonyl (C=O) groups is 4. The molecule has 0 aliphatic carbocycles. The predicted molar refractivity (Wildman–Crippen MR) is 114 cm³/mol. The Hall–Kier alpha value is -2.12. The summed E-state index contributed by atoms with van der Waals surface area (Å²) in [6.07, 6.45) is 8.61. The molecule has 4 amide bonds. The van der Waals surface area contributed by atoms with E-state index in [-0.39, 0.29) is 23.6 Å². The summed E-state index contributed by atoms with van der Waals surface area (Å²) >= 11 is 0. The second-order valence-electron chi connectivity index (χ2n) is 7.49. The number of unbranched alkanes of at least 4 members (excludes halogenated alkanes) is 5. The standard InChI is InChI=1S/C21H40N4O4/c1-22-18(26)12-6-4-10-16-23-19(27)13-8-9-14-20(28)24-17-11-5-7-15-21(29)25(2)3/h4-17H2,1-3H3,(H,22,26)(H,23,27)(H,24,28). The van der Waals surface area contributed by atoms with Crippen molar-refractivity contribution in [1.82, 2.24) is 20.9 Å². The highest BCUT2D eigenvalue weighted by Crippen LogP contribution is 2.03. The molecule has 0 unspecified atom stereocenters. The Bertz CT molecular complexity index is 495. The fraction of sp³-hybridized carbons (Fsp3) is 0.810. The monoisotopic (exact) mass is 412 g/mol. The lowest BCUT2D eigenvalue weighted by molar-refractivity contribution is -0.129. The van der Waals surface area contributed by atoms with Gasteiger partial charge in [0.25, 0.3) is 0 Å². The highest BCUT2D eigenvalue weighted by Gasteiger charge is 2.05. The molecule has 8 heteroatoms. The molecule has 0 aromatic heterocycles. The average Bonchev–Trinajstić information content (AvgIpc) is 2.69. The zero-order valence-corrected chi connectivity index (χ0v) is 18.5. The van der Waals surface area contributed by atoms with Gasteiger partial charge >= 0.3 is 0 Å². The predicted octanol–water partition coefficient (Wildman–Crippen LogP) is 1.73. The van der Waals surface area contributed by atoms with Gasteiger partial charge in [0, 0.05) is 59.9 Å². The highest BCUT2D eigenvalue weighted by atomic mass is 16.2. The van der Waals surface area contributed by atoms with Crippen LogP contribution >= 0.6 is 0 Å². The number of nitrogens with one attached hydrogen (secondary N) is 3. The first-order valence-corrected chi connectivity index (χ1v) is 10.8. The number of hydrogen-bond acceptors (Lipinski definition) is 4. The molecule has 0 saturated carbocycles. The van der Waals surface area contributed by atoms with E-state index in [0.717, 1.165) is 38.5 Å². The van der Waals surface area contributed by atoms with Crippen LogP contribution in [0.5, 0.6) is 0 Å². The largest absolute Gasteiger partial charge is 0.359 e. The third kappa shape index (κ3) is 17.7. The van der Waals surface area contributed by atoms with Gasteiger partial charge in [-0.25, -0.2) is 0 Å². The van der Waals surface area contributed by atoms with Gasteiger partial charge in [0.05, 0.1) is 0 Å². The summed E-state index contributed by atoms with van der Waals surface area (Å²) in [5, 5.41) is 8.35. The van der Waals surface area contributed by atoms with Gasteiger partial charge in [0.2, 0.25) is 23.6 Å². The molecule has 0 fully saturated rings. The Morgan fingerprint density at radius 3 is 1.45 bits per heavy atom. The van der Waals surface area contributed by atoms with E-state index < -0.39 is 0 Å². The van der Waals surface area contributed by atoms with E-state index in [1.807, 2.05) is 0 Å². The van der Waals surface area contributed by atoms with Crippen LogP contribution < -0.4 is 16.0 Å². The van der Waals surface area contributed by atoms with Gasteiger partial charge in [0.15, 0.2) is 0 Å². The lowest BCUT2D eigenvalue weighted by atomic mass is 10.1. The third-order valence-electron chi connectivity index (χ3n) is 4.63. The summed E-state index contributed by atoms with van der Waals surface area (Å²) in [7, 11) is 5.14. The fourth-order valence-corrected chi connectivity index (χ4v) is 2.72. The second kappa shape index (κ2) is 17.9. The SMILES string of the molecule is CNC(=O)CCCCCNC(=O)CCCCC(=O)NCCCCCC(=O)N(C)C. The fourth-order valence-electron chi connectivity index (χ4n) is 2.72. The highest BCUT2D eigenvalue weighted by molar-refractivity contribution is 5.77. The van der Waals surface area contributed by atoms with Crippen molar-refractivity contribution in [1.29, 1.82) is 0 Å². The Labute approximate surface area is 175 Å². The normalized spacial score (nSPS) is 10.3. The molecule has 168 valence electrons. The van der Waals surface area contributed by atoms with Crippen LogP contribution in [0.2, 0.25) is 0 Å². The van der Waals surface area contributed by atoms with E-state index in [4.69, 9.17) is 0 Å². The Balaban J connectivity index is 3.44. The molecule has 0 atom stereocenters. The molecule has 0 rings (SSSR count). The topological polar surface area (TPSA) is 108 Å². The Kier molecular flexibility index (Phi) is 16.6. The van der Waals surface area contributed by atoms with Crippen molar-refractivity contribution in [2.75, 3.05) is 34.2 Å². The molecule has 8 nitrogen and oxygen atoms in total. The molecule has 3 N–H and O–H groups in total. The smallest absolute Gasteiger partial charge is 0.222 e. The number of carbonyl (C=O) groups excluding carboxylic acids is 4. The van der Waals surface area contributed by atoms with E-state index in [2.05, 4.69) is 16.0 Å². The summed E-state index contributed by atoms with van der Waals surface area (Å²) in [4.78, 5) is 47.6. The van der Waals surface area contributed by atoms with Crippen molar-refractivity contribution in [3.05, 3.63) is 0 Å². The van der Waals surface area contributed by atoms with Gasteiger partial charge in [-0.3, -0.25) is 19.2 Å². The Morgan fingerprint density at radius 1 is 0.586 bits per heavy atom. The minimum absolute atomic E-state index is 0.0176. The molecule has 0 aliphatic rings. The summed E-state index contributed by atoms with van der Waals surface area (Å²) in [6, 6.07) is 0. The van der Waals surface area contributed by atoms with Crippen molar-refractivity contribution in [3.8, 4) is 0 Å². The number of amides is 4. The number of hydrogen-bond donors (Lipinski definition) is 3. The number of nitrogens with zero attached hydrogens (tertiary/aromatic N) is 1. The quantitative estimate of drug-likeness (QED) is 0.316. The van der Waals surface area contributed by atoms with Gasteiger partial charge in [-0.1, -0.05) is 12.8 Å². The summed E-state index contributed by atoms with van der Waals surface area (Å²) < 4.78 is 0. The van der Waals surface area contributed by atoms with Gasteiger partial charge in [0.1, 0.15) is 0 Å². The molecule has 29 heavy (non-hydrogen) atoms. The maximum absolute atomic E-state index is 11.8. The van der Waals surface area contributed by atoms with E-state index in [1.54, 1.807) is 26.0 Å². The van der Waals surface area contributed by atoms with E-state index in [9.17, 15) is 19.2 Å². The molecular weight excluding hydrogens is 372 g/mol. The lowest BCUT2D eigenvalue weighted by Crippen LogP contribution is -2.25. The molecule has 0 heterocycles. The van der Waals surface area contributed by atoms with E-state index in [0.29, 0.717) is 51.6 Å². The molecule has 0 bridgehead atoms. The molecule has 0 aliphatic heterocycles. The summed E-state index contributed by atoms with van der Waals surface area (Å²) in [6.45, 7) is 1.27. The summed E-state index contributed by atoms with van der Waals surface area (Å²) in [5.41, 5.74) is 0. The minimum atomic E-state index is 0.0176. The maximum Gasteiger partial charge on any atom is 0.222 e. The molecule has 0 spiro atoms. The van der Waals surface area contributed by atoms with Gasteiger partial charge in [-0.05, 0) is 38.5 Å². The maximum atomic E-state index is 11.8. The van der Waals surface area contributed by atoms with Gasteiger partial charge in [-0.15, -0.1) is 0 Å². The zero-order valence-electron chi connectivity index (χ0n) is 18.5. The van der Waals surface area contributed by atoms with Crippen LogP contribution in [0.4, 0.5) is 0 Å². The van der Waals surface area contributed by atoms with Crippen LogP contribution in [0.3, 0.4) is 0 Å². The first-order valence-electron chi connectivity index (χ1n) is 10.8. The molecule has 0 radical (unpaired) electrons. The molecule has 0 aromatic rings. The molecular formula is C21H40N4O4. The van der Waals surface area contributed by atoms with Crippen LogP contribution in [0, 0.1) is 0 Å². The van der Waals surface area contributed by atoms with E-state index >= 15 is 0 Å². The van der Waals surface area contributed by atoms with Crippen molar-refractivity contribution in [3.63, 3.8) is 0 Å². The van der Waals surface area contributed by atoms with Crippen molar-refractivity contribution in [2.24, 2.45) is 0 Å². The van der Waals surface area contributed by atoms with Crippen LogP contribution in [-0.2, 0) is 19.2 Å². The average molecular weight is 413 g/mol. The zero-order chi connectivity index (χ0) is 21.9. The van der Waals surface area contributed by atoms with Crippen molar-refractivity contribution in [2.45, 2.75) is 77.0 Å². The van der Waals surface area contributed by atoms with Crippen LogP contribution in [0.25, 0.3) is 0 Å². The first-order chi connectivity index (χ1) is 13.9. The van der Waals surface area contributed by atoms with Gasteiger partial charge in [-0.2, -0.15) is 0 Å². The minimum Gasteiger partial charge on any atom is -0.359 e. The van der Waals surface area contributed by atoms with Crippen molar-refractivity contribution >= 4 is 23.6 Å². The molecule has 0 saturated heterocycles. The molecule has 0 aromatic carbocycles. The van der Waals surface area contributed by atoms with Crippen LogP contribution in [0.15, 0.2) is 0 Å². The van der Waals surface area contributed by atoms with Crippen LogP contribution in [-0.4, -0.2) is 62.8 Å².